The SMILES string of the molecule is Cc1cc(N2CCN(C)CC2)ccc1NC=O. The monoisotopic (exact) mass is 233 g/mol. The van der Waals surface area contributed by atoms with Crippen molar-refractivity contribution in [2.75, 3.05) is 43.4 Å². The van der Waals surface area contributed by atoms with Crippen molar-refractivity contribution in [2.24, 2.45) is 0 Å². The first-order chi connectivity index (χ1) is 8.20. The van der Waals surface area contributed by atoms with E-state index in [1.165, 1.54) is 5.69 Å². The Hall–Kier alpha value is -1.55. The summed E-state index contributed by atoms with van der Waals surface area (Å²) < 4.78 is 0. The highest BCUT2D eigenvalue weighted by Crippen LogP contribution is 2.23. The number of nitrogens with one attached hydrogen (secondary N) is 1. The van der Waals surface area contributed by atoms with E-state index in [4.69, 9.17) is 0 Å². The van der Waals surface area contributed by atoms with Crippen LogP contribution < -0.4 is 10.2 Å². The van der Waals surface area contributed by atoms with E-state index >= 15 is 0 Å². The van der Waals surface area contributed by atoms with Gasteiger partial charge in [-0.1, -0.05) is 0 Å². The van der Waals surface area contributed by atoms with Crippen LogP contribution >= 0.6 is 0 Å². The third-order valence-electron chi connectivity index (χ3n) is 3.29. The number of nitrogens with zero attached hydrogens (tertiary/aromatic N) is 2. The normalized spacial score (nSPS) is 16.9. The minimum Gasteiger partial charge on any atom is -0.369 e. The second-order valence-electron chi connectivity index (χ2n) is 4.55. The van der Waals surface area contributed by atoms with Crippen LogP contribution in [0, 0.1) is 6.92 Å². The summed E-state index contributed by atoms with van der Waals surface area (Å²) in [6.07, 6.45) is 0.720. The lowest BCUT2D eigenvalue weighted by atomic mass is 10.1. The second kappa shape index (κ2) is 5.19. The topological polar surface area (TPSA) is 35.6 Å². The first kappa shape index (κ1) is 11.9. The van der Waals surface area contributed by atoms with E-state index in [2.05, 4.69) is 34.3 Å². The number of amides is 1. The quantitative estimate of drug-likeness (QED) is 0.800. The van der Waals surface area contributed by atoms with Gasteiger partial charge in [0.15, 0.2) is 0 Å². The van der Waals surface area contributed by atoms with Gasteiger partial charge in [-0.05, 0) is 37.7 Å². The maximum absolute atomic E-state index is 10.4. The predicted molar refractivity (Wildman–Crippen MR) is 70.6 cm³/mol. The van der Waals surface area contributed by atoms with Gasteiger partial charge in [-0.3, -0.25) is 4.79 Å². The zero-order valence-corrected chi connectivity index (χ0v) is 10.4. The molecule has 17 heavy (non-hydrogen) atoms. The zero-order chi connectivity index (χ0) is 12.3. The van der Waals surface area contributed by atoms with Gasteiger partial charge < -0.3 is 15.1 Å². The van der Waals surface area contributed by atoms with Crippen molar-refractivity contribution in [3.05, 3.63) is 23.8 Å². The third kappa shape index (κ3) is 2.77. The Bertz CT molecular complexity index is 398. The van der Waals surface area contributed by atoms with Crippen LogP contribution in [0.2, 0.25) is 0 Å². The first-order valence-corrected chi connectivity index (χ1v) is 5.95. The number of rotatable bonds is 3. The van der Waals surface area contributed by atoms with Crippen LogP contribution in [0.1, 0.15) is 5.56 Å². The molecule has 0 atom stereocenters. The van der Waals surface area contributed by atoms with Gasteiger partial charge in [-0.2, -0.15) is 0 Å². The van der Waals surface area contributed by atoms with Gasteiger partial charge in [-0.15, -0.1) is 0 Å². The van der Waals surface area contributed by atoms with Crippen LogP contribution in [0.25, 0.3) is 0 Å². The molecule has 0 aromatic heterocycles. The molecule has 4 nitrogen and oxygen atoms in total. The highest BCUT2D eigenvalue weighted by Gasteiger charge is 2.14. The molecule has 92 valence electrons. The van der Waals surface area contributed by atoms with E-state index in [0.717, 1.165) is 43.8 Å². The molecule has 0 aliphatic carbocycles. The molecule has 0 unspecified atom stereocenters. The molecule has 0 bridgehead atoms. The largest absolute Gasteiger partial charge is 0.369 e. The molecular formula is C13H19N3O. The van der Waals surface area contributed by atoms with Crippen molar-refractivity contribution in [2.45, 2.75) is 6.92 Å². The van der Waals surface area contributed by atoms with Crippen LogP contribution in [0.4, 0.5) is 11.4 Å². The summed E-state index contributed by atoms with van der Waals surface area (Å²) in [7, 11) is 2.15. The average molecular weight is 233 g/mol. The Kier molecular flexibility index (Phi) is 3.64. The number of carbonyl (C=O) groups is 1. The summed E-state index contributed by atoms with van der Waals surface area (Å²) in [6.45, 7) is 6.36. The van der Waals surface area contributed by atoms with E-state index in [0.29, 0.717) is 0 Å². The molecule has 1 heterocycles. The Morgan fingerprint density at radius 2 is 1.94 bits per heavy atom. The van der Waals surface area contributed by atoms with Gasteiger partial charge in [0.05, 0.1) is 0 Å². The molecule has 0 radical (unpaired) electrons. The lowest BCUT2D eigenvalue weighted by molar-refractivity contribution is -0.105. The predicted octanol–water partition coefficient (Wildman–Crippen LogP) is 1.32. The summed E-state index contributed by atoms with van der Waals surface area (Å²) in [5.74, 6) is 0. The van der Waals surface area contributed by atoms with E-state index in [1.54, 1.807) is 0 Å². The van der Waals surface area contributed by atoms with Gasteiger partial charge in [0, 0.05) is 37.6 Å². The van der Waals surface area contributed by atoms with Crippen molar-refractivity contribution >= 4 is 17.8 Å². The van der Waals surface area contributed by atoms with Gasteiger partial charge in [0.2, 0.25) is 6.41 Å². The van der Waals surface area contributed by atoms with E-state index < -0.39 is 0 Å². The average Bonchev–Trinajstić information content (AvgIpc) is 2.33. The molecule has 1 aromatic carbocycles. The number of likely N-dealkylation sites (N-methyl/N-ethyl adjacent to an activating group) is 1. The second-order valence-corrected chi connectivity index (χ2v) is 4.55. The zero-order valence-electron chi connectivity index (χ0n) is 10.4. The molecule has 1 N–H and O–H groups in total. The third-order valence-corrected chi connectivity index (χ3v) is 3.29. The molecule has 1 aliphatic rings. The fraction of sp³-hybridized carbons (Fsp3) is 0.462. The van der Waals surface area contributed by atoms with Gasteiger partial charge >= 0.3 is 0 Å². The summed E-state index contributed by atoms with van der Waals surface area (Å²) in [5, 5.41) is 2.71. The van der Waals surface area contributed by atoms with Crippen LogP contribution in [0.3, 0.4) is 0 Å². The summed E-state index contributed by atoms with van der Waals surface area (Å²) in [4.78, 5) is 15.1. The van der Waals surface area contributed by atoms with Crippen LogP contribution in [0.5, 0.6) is 0 Å². The molecule has 0 spiro atoms. The maximum Gasteiger partial charge on any atom is 0.211 e. The fourth-order valence-electron chi connectivity index (χ4n) is 2.13. The Balaban J connectivity index is 2.11. The molecule has 1 fully saturated rings. The number of piperazine rings is 1. The molecule has 1 aliphatic heterocycles. The van der Waals surface area contributed by atoms with Crippen molar-refractivity contribution in [1.82, 2.24) is 4.90 Å². The number of hydrogen-bond donors (Lipinski definition) is 1. The number of hydrogen-bond acceptors (Lipinski definition) is 3. The van der Waals surface area contributed by atoms with Gasteiger partial charge in [0.1, 0.15) is 0 Å². The van der Waals surface area contributed by atoms with Crippen molar-refractivity contribution in [3.63, 3.8) is 0 Å². The molecule has 1 amide bonds. The minimum atomic E-state index is 0.720. The Morgan fingerprint density at radius 3 is 2.53 bits per heavy atom. The first-order valence-electron chi connectivity index (χ1n) is 5.95. The fourth-order valence-corrected chi connectivity index (χ4v) is 2.13. The Labute approximate surface area is 102 Å². The maximum atomic E-state index is 10.4. The van der Waals surface area contributed by atoms with Gasteiger partial charge in [0.25, 0.3) is 0 Å². The number of aryl methyl sites for hydroxylation is 1. The summed E-state index contributed by atoms with van der Waals surface area (Å²) in [5.41, 5.74) is 3.23. The Morgan fingerprint density at radius 1 is 1.24 bits per heavy atom. The smallest absolute Gasteiger partial charge is 0.211 e. The molecule has 0 saturated carbocycles. The molecule has 2 rings (SSSR count). The van der Waals surface area contributed by atoms with E-state index in [9.17, 15) is 4.79 Å². The van der Waals surface area contributed by atoms with E-state index in [-0.39, 0.29) is 0 Å². The molecular weight excluding hydrogens is 214 g/mol. The molecule has 4 heteroatoms. The minimum absolute atomic E-state index is 0.720. The lowest BCUT2D eigenvalue weighted by Crippen LogP contribution is -2.44. The highest BCUT2D eigenvalue weighted by atomic mass is 16.1. The summed E-state index contributed by atoms with van der Waals surface area (Å²) in [6, 6.07) is 6.18. The lowest BCUT2D eigenvalue weighted by Gasteiger charge is -2.34. The van der Waals surface area contributed by atoms with E-state index in [1.807, 2.05) is 13.0 Å². The summed E-state index contributed by atoms with van der Waals surface area (Å²) >= 11 is 0. The van der Waals surface area contributed by atoms with Gasteiger partial charge in [-0.25, -0.2) is 0 Å². The van der Waals surface area contributed by atoms with Crippen molar-refractivity contribution in [3.8, 4) is 0 Å². The number of carbonyl (C=O) groups excluding carboxylic acids is 1. The van der Waals surface area contributed by atoms with Crippen LogP contribution in [0.15, 0.2) is 18.2 Å². The van der Waals surface area contributed by atoms with Crippen molar-refractivity contribution < 1.29 is 4.79 Å². The number of benzene rings is 1. The number of anilines is 2. The highest BCUT2D eigenvalue weighted by molar-refractivity contribution is 5.74. The van der Waals surface area contributed by atoms with Crippen LogP contribution in [-0.2, 0) is 4.79 Å². The standard InChI is InChI=1S/C13H19N3O/c1-11-9-12(3-4-13(11)14-10-17)16-7-5-15(2)6-8-16/h3-4,9-10H,5-8H2,1-2H3,(H,14,17). The van der Waals surface area contributed by atoms with Crippen LogP contribution in [-0.4, -0.2) is 44.5 Å². The molecule has 1 saturated heterocycles. The van der Waals surface area contributed by atoms with Crippen molar-refractivity contribution in [1.29, 1.82) is 0 Å². The molecule has 1 aromatic rings.